The molecule has 0 aliphatic carbocycles. The lowest BCUT2D eigenvalue weighted by Crippen LogP contribution is -2.38. The predicted octanol–water partition coefficient (Wildman–Crippen LogP) is 4.70. The van der Waals surface area contributed by atoms with Gasteiger partial charge in [-0.15, -0.1) is 0 Å². The van der Waals surface area contributed by atoms with E-state index in [1.165, 1.54) is 36.0 Å². The maximum Gasteiger partial charge on any atom is 0.107 e. The van der Waals surface area contributed by atoms with Gasteiger partial charge in [0.25, 0.3) is 0 Å². The van der Waals surface area contributed by atoms with Gasteiger partial charge >= 0.3 is 0 Å². The van der Waals surface area contributed by atoms with Crippen molar-refractivity contribution in [1.82, 2.24) is 4.90 Å². The van der Waals surface area contributed by atoms with Gasteiger partial charge in [-0.2, -0.15) is 0 Å². The maximum atomic E-state index is 10.4. The summed E-state index contributed by atoms with van der Waals surface area (Å²) in [7, 11) is 0. The highest BCUT2D eigenvalue weighted by atomic mass is 16.3. The molecule has 1 heterocycles. The normalized spacial score (nSPS) is 16.5. The molecule has 0 saturated carbocycles. The van der Waals surface area contributed by atoms with E-state index in [1.807, 2.05) is 12.1 Å². The summed E-state index contributed by atoms with van der Waals surface area (Å²) in [5.74, 6) is 0. The minimum atomic E-state index is -0.311. The van der Waals surface area contributed by atoms with Crippen LogP contribution in [-0.4, -0.2) is 29.3 Å². The number of nitrogens with zero attached hydrogens (tertiary/aromatic N) is 1. The van der Waals surface area contributed by atoms with E-state index in [0.29, 0.717) is 0 Å². The molecule has 1 fully saturated rings. The molecule has 2 aromatic carbocycles. The number of benzene rings is 2. The van der Waals surface area contributed by atoms with Crippen molar-refractivity contribution in [2.24, 2.45) is 0 Å². The van der Waals surface area contributed by atoms with Gasteiger partial charge in [0, 0.05) is 13.1 Å². The maximum absolute atomic E-state index is 10.4. The van der Waals surface area contributed by atoms with Crippen LogP contribution in [0.1, 0.15) is 43.2 Å². The largest absolute Gasteiger partial charge is 0.378 e. The third-order valence-corrected chi connectivity index (χ3v) is 4.76. The summed E-state index contributed by atoms with van der Waals surface area (Å²) < 4.78 is 0. The molecule has 0 radical (unpaired) electrons. The first-order valence-electron chi connectivity index (χ1n) is 9.08. The Morgan fingerprint density at radius 3 is 1.96 bits per heavy atom. The number of allylic oxidation sites excluding steroid dienone is 1. The van der Waals surface area contributed by atoms with Crippen molar-refractivity contribution in [3.63, 3.8) is 0 Å². The van der Waals surface area contributed by atoms with Crippen LogP contribution in [0, 0.1) is 0 Å². The van der Waals surface area contributed by atoms with Crippen molar-refractivity contribution in [3.8, 4) is 0 Å². The first-order chi connectivity index (χ1) is 11.8. The third kappa shape index (κ3) is 4.56. The molecule has 1 saturated heterocycles. The molecule has 126 valence electrons. The SMILES string of the molecule is OC(CCC=C(c1ccccc1)c1ccccc1)N1CCCCC1. The van der Waals surface area contributed by atoms with Crippen LogP contribution in [0.5, 0.6) is 0 Å². The summed E-state index contributed by atoms with van der Waals surface area (Å²) in [6.45, 7) is 2.07. The van der Waals surface area contributed by atoms with Crippen molar-refractivity contribution in [2.45, 2.75) is 38.3 Å². The first kappa shape index (κ1) is 16.9. The van der Waals surface area contributed by atoms with Gasteiger partial charge in [0.2, 0.25) is 0 Å². The van der Waals surface area contributed by atoms with Crippen molar-refractivity contribution < 1.29 is 5.11 Å². The summed E-state index contributed by atoms with van der Waals surface area (Å²) in [6, 6.07) is 21.0. The summed E-state index contributed by atoms with van der Waals surface area (Å²) in [4.78, 5) is 2.22. The number of aliphatic hydroxyl groups is 1. The number of likely N-dealkylation sites (tertiary alicyclic amines) is 1. The Morgan fingerprint density at radius 2 is 1.42 bits per heavy atom. The van der Waals surface area contributed by atoms with E-state index in [9.17, 15) is 5.11 Å². The molecule has 0 aromatic heterocycles. The molecule has 0 bridgehead atoms. The second-order valence-corrected chi connectivity index (χ2v) is 6.50. The molecular weight excluding hydrogens is 294 g/mol. The highest BCUT2D eigenvalue weighted by Crippen LogP contribution is 2.24. The fraction of sp³-hybridized carbons (Fsp3) is 0.364. The minimum absolute atomic E-state index is 0.311. The summed E-state index contributed by atoms with van der Waals surface area (Å²) in [5.41, 5.74) is 3.72. The Labute approximate surface area is 145 Å². The lowest BCUT2D eigenvalue weighted by Gasteiger charge is -2.31. The van der Waals surface area contributed by atoms with E-state index >= 15 is 0 Å². The molecule has 1 aliphatic heterocycles. The second kappa shape index (κ2) is 8.81. The van der Waals surface area contributed by atoms with Gasteiger partial charge in [0.1, 0.15) is 6.23 Å². The zero-order valence-corrected chi connectivity index (χ0v) is 14.3. The lowest BCUT2D eigenvalue weighted by molar-refractivity contribution is -0.0125. The highest BCUT2D eigenvalue weighted by Gasteiger charge is 2.17. The Bertz CT molecular complexity index is 588. The van der Waals surface area contributed by atoms with Crippen molar-refractivity contribution in [3.05, 3.63) is 77.9 Å². The van der Waals surface area contributed by atoms with E-state index in [-0.39, 0.29) is 6.23 Å². The number of hydrogen-bond donors (Lipinski definition) is 1. The van der Waals surface area contributed by atoms with Crippen LogP contribution in [0.3, 0.4) is 0 Å². The molecular formula is C22H27NO. The standard InChI is InChI=1S/C22H27NO/c24-22(23-17-8-3-9-18-23)16-10-15-21(19-11-4-1-5-12-19)20-13-6-2-7-14-20/h1-2,4-7,11-15,22,24H,3,8-10,16-18H2. The Balaban J connectivity index is 1.70. The number of piperidine rings is 1. The zero-order valence-electron chi connectivity index (χ0n) is 14.3. The fourth-order valence-corrected chi connectivity index (χ4v) is 3.41. The van der Waals surface area contributed by atoms with Crippen LogP contribution in [0.2, 0.25) is 0 Å². The van der Waals surface area contributed by atoms with Crippen LogP contribution in [0.25, 0.3) is 5.57 Å². The Morgan fingerprint density at radius 1 is 0.875 bits per heavy atom. The van der Waals surface area contributed by atoms with Crippen LogP contribution in [0.4, 0.5) is 0 Å². The molecule has 1 aliphatic rings. The second-order valence-electron chi connectivity index (χ2n) is 6.50. The van der Waals surface area contributed by atoms with Gasteiger partial charge in [-0.05, 0) is 42.4 Å². The van der Waals surface area contributed by atoms with Crippen molar-refractivity contribution in [2.75, 3.05) is 13.1 Å². The molecule has 2 aromatic rings. The molecule has 0 amide bonds. The van der Waals surface area contributed by atoms with Gasteiger partial charge in [-0.1, -0.05) is 73.2 Å². The van der Waals surface area contributed by atoms with Crippen LogP contribution in [0.15, 0.2) is 66.7 Å². The average Bonchev–Trinajstić information content (AvgIpc) is 2.67. The molecule has 1 N–H and O–H groups in total. The van der Waals surface area contributed by atoms with Gasteiger partial charge < -0.3 is 5.11 Å². The molecule has 0 spiro atoms. The minimum Gasteiger partial charge on any atom is -0.378 e. The first-order valence-corrected chi connectivity index (χ1v) is 9.08. The Hall–Kier alpha value is -1.90. The van der Waals surface area contributed by atoms with Gasteiger partial charge in [0.05, 0.1) is 0 Å². The number of rotatable bonds is 6. The number of aliphatic hydroxyl groups excluding tert-OH is 1. The predicted molar refractivity (Wildman–Crippen MR) is 101 cm³/mol. The molecule has 2 nitrogen and oxygen atoms in total. The van der Waals surface area contributed by atoms with Gasteiger partial charge in [-0.25, -0.2) is 0 Å². The summed E-state index contributed by atoms with van der Waals surface area (Å²) in [6.07, 6.45) is 7.38. The van der Waals surface area contributed by atoms with Crippen LogP contribution < -0.4 is 0 Å². The average molecular weight is 321 g/mol. The molecule has 2 heteroatoms. The van der Waals surface area contributed by atoms with E-state index in [1.54, 1.807) is 0 Å². The van der Waals surface area contributed by atoms with Crippen LogP contribution >= 0.6 is 0 Å². The monoisotopic (exact) mass is 321 g/mol. The topological polar surface area (TPSA) is 23.5 Å². The van der Waals surface area contributed by atoms with Crippen LogP contribution in [-0.2, 0) is 0 Å². The Kier molecular flexibility index (Phi) is 6.22. The van der Waals surface area contributed by atoms with E-state index in [0.717, 1.165) is 25.9 Å². The molecule has 1 unspecified atom stereocenters. The zero-order chi connectivity index (χ0) is 16.6. The van der Waals surface area contributed by atoms with Gasteiger partial charge in [-0.3, -0.25) is 4.90 Å². The highest BCUT2D eigenvalue weighted by molar-refractivity contribution is 5.79. The molecule has 3 rings (SSSR count). The van der Waals surface area contributed by atoms with Gasteiger partial charge in [0.15, 0.2) is 0 Å². The van der Waals surface area contributed by atoms with E-state index in [2.05, 4.69) is 59.5 Å². The fourth-order valence-electron chi connectivity index (χ4n) is 3.41. The smallest absolute Gasteiger partial charge is 0.107 e. The summed E-state index contributed by atoms with van der Waals surface area (Å²) in [5, 5.41) is 10.4. The number of hydrogen-bond acceptors (Lipinski definition) is 2. The summed E-state index contributed by atoms with van der Waals surface area (Å²) >= 11 is 0. The van der Waals surface area contributed by atoms with Crippen molar-refractivity contribution >= 4 is 5.57 Å². The quantitative estimate of drug-likeness (QED) is 0.833. The molecule has 1 atom stereocenters. The molecule has 24 heavy (non-hydrogen) atoms. The third-order valence-electron chi connectivity index (χ3n) is 4.76. The van der Waals surface area contributed by atoms with Crippen molar-refractivity contribution in [1.29, 1.82) is 0 Å². The van der Waals surface area contributed by atoms with E-state index in [4.69, 9.17) is 0 Å². The lowest BCUT2D eigenvalue weighted by atomic mass is 9.96. The van der Waals surface area contributed by atoms with E-state index < -0.39 is 0 Å².